The Labute approximate surface area is 163 Å². The molecule has 148 valence electrons. The number of hydrogen-bond donors (Lipinski definition) is 2. The molecule has 2 N–H and O–H groups in total. The van der Waals surface area contributed by atoms with Crippen LogP contribution in [0, 0.1) is 13.8 Å². The van der Waals surface area contributed by atoms with E-state index in [-0.39, 0.29) is 11.4 Å². The highest BCUT2D eigenvalue weighted by Crippen LogP contribution is 2.15. The monoisotopic (exact) mass is 402 g/mol. The van der Waals surface area contributed by atoms with E-state index in [4.69, 9.17) is 4.74 Å². The minimum atomic E-state index is -3.59. The number of nitrogens with one attached hydrogen (secondary N) is 2. The van der Waals surface area contributed by atoms with Crippen LogP contribution in [0.15, 0.2) is 47.6 Å². The molecule has 2 aromatic heterocycles. The second kappa shape index (κ2) is 8.36. The average molecular weight is 402 g/mol. The molecule has 3 rings (SSSR count). The second-order valence-electron chi connectivity index (χ2n) is 6.00. The summed E-state index contributed by atoms with van der Waals surface area (Å²) < 4.78 is 34.1. The van der Waals surface area contributed by atoms with Gasteiger partial charge >= 0.3 is 0 Å². The fourth-order valence-corrected chi connectivity index (χ4v) is 3.63. The highest BCUT2D eigenvalue weighted by molar-refractivity contribution is 7.89. The molecule has 0 atom stereocenters. The maximum absolute atomic E-state index is 12.3. The molecule has 0 aliphatic carbocycles. The minimum Gasteiger partial charge on any atom is -0.497 e. The molecule has 0 aliphatic heterocycles. The molecule has 0 saturated carbocycles. The largest absolute Gasteiger partial charge is 0.497 e. The number of benzene rings is 1. The predicted octanol–water partition coefficient (Wildman–Crippen LogP) is 1.68. The molecule has 1 aromatic carbocycles. The van der Waals surface area contributed by atoms with Crippen molar-refractivity contribution in [1.29, 1.82) is 0 Å². The van der Waals surface area contributed by atoms with Crippen LogP contribution >= 0.6 is 0 Å². The molecular weight excluding hydrogens is 380 g/mol. The quantitative estimate of drug-likeness (QED) is 0.552. The number of rotatable bonds is 8. The van der Waals surface area contributed by atoms with Crippen LogP contribution in [0.1, 0.15) is 11.6 Å². The lowest BCUT2D eigenvalue weighted by molar-refractivity contribution is 0.414. The Morgan fingerprint density at radius 1 is 1.11 bits per heavy atom. The summed E-state index contributed by atoms with van der Waals surface area (Å²) in [7, 11) is -2.06. The van der Waals surface area contributed by atoms with Crippen LogP contribution in [0.4, 0.5) is 5.82 Å². The van der Waals surface area contributed by atoms with Gasteiger partial charge in [0.05, 0.1) is 12.0 Å². The van der Waals surface area contributed by atoms with Crippen molar-refractivity contribution in [2.24, 2.45) is 0 Å². The van der Waals surface area contributed by atoms with Crippen molar-refractivity contribution in [3.63, 3.8) is 0 Å². The Morgan fingerprint density at radius 2 is 1.86 bits per heavy atom. The van der Waals surface area contributed by atoms with Gasteiger partial charge in [-0.3, -0.25) is 4.57 Å². The number of imidazole rings is 1. The van der Waals surface area contributed by atoms with Gasteiger partial charge in [-0.25, -0.2) is 28.1 Å². The van der Waals surface area contributed by atoms with Gasteiger partial charge in [-0.15, -0.1) is 0 Å². The topological polar surface area (TPSA) is 111 Å². The van der Waals surface area contributed by atoms with E-state index in [0.29, 0.717) is 29.8 Å². The third kappa shape index (κ3) is 4.65. The van der Waals surface area contributed by atoms with E-state index in [2.05, 4.69) is 25.0 Å². The van der Waals surface area contributed by atoms with E-state index >= 15 is 0 Å². The molecule has 0 fully saturated rings. The summed E-state index contributed by atoms with van der Waals surface area (Å²) in [4.78, 5) is 13.1. The van der Waals surface area contributed by atoms with Gasteiger partial charge in [-0.2, -0.15) is 0 Å². The zero-order valence-electron chi connectivity index (χ0n) is 15.9. The Morgan fingerprint density at radius 3 is 2.50 bits per heavy atom. The molecule has 0 bridgehead atoms. The first-order valence-electron chi connectivity index (χ1n) is 8.62. The Balaban J connectivity index is 1.60. The molecule has 0 amide bonds. The first-order chi connectivity index (χ1) is 13.4. The average Bonchev–Trinajstić information content (AvgIpc) is 3.11. The van der Waals surface area contributed by atoms with E-state index in [1.807, 2.05) is 17.7 Å². The summed E-state index contributed by atoms with van der Waals surface area (Å²) in [6.45, 7) is 4.26. The van der Waals surface area contributed by atoms with E-state index in [9.17, 15) is 8.42 Å². The molecule has 9 nitrogen and oxygen atoms in total. The van der Waals surface area contributed by atoms with Gasteiger partial charge in [0, 0.05) is 31.5 Å². The normalized spacial score (nSPS) is 11.4. The maximum atomic E-state index is 12.3. The summed E-state index contributed by atoms with van der Waals surface area (Å²) >= 11 is 0. The fraction of sp³-hybridized carbons (Fsp3) is 0.278. The molecule has 0 radical (unpaired) electrons. The first-order valence-corrected chi connectivity index (χ1v) is 10.1. The second-order valence-corrected chi connectivity index (χ2v) is 7.77. The van der Waals surface area contributed by atoms with Crippen LogP contribution in [-0.4, -0.2) is 48.1 Å². The number of anilines is 1. The van der Waals surface area contributed by atoms with E-state index < -0.39 is 10.0 Å². The molecule has 0 spiro atoms. The summed E-state index contributed by atoms with van der Waals surface area (Å²) in [6, 6.07) is 8.01. The third-order valence-electron chi connectivity index (χ3n) is 3.99. The van der Waals surface area contributed by atoms with Gasteiger partial charge in [-0.05, 0) is 38.1 Å². The third-order valence-corrected chi connectivity index (χ3v) is 5.47. The number of ether oxygens (including phenoxy) is 1. The van der Waals surface area contributed by atoms with Gasteiger partial charge in [0.1, 0.15) is 29.0 Å². The molecule has 0 saturated heterocycles. The van der Waals surface area contributed by atoms with E-state index in [1.165, 1.54) is 19.2 Å². The molecule has 2 heterocycles. The highest BCUT2D eigenvalue weighted by Gasteiger charge is 2.13. The smallest absolute Gasteiger partial charge is 0.240 e. The summed E-state index contributed by atoms with van der Waals surface area (Å²) in [5, 5.41) is 3.12. The standard InChI is InChI=1S/C18H22N6O3S/c1-13-22-17(12-18(23-13)24-11-10-19-14(24)2)20-8-9-21-28(25,26)16-6-4-15(27-3)5-7-16/h4-7,10-12,21H,8-9H2,1-3H3,(H,20,22,23). The van der Waals surface area contributed by atoms with Crippen molar-refractivity contribution in [3.8, 4) is 11.6 Å². The van der Waals surface area contributed by atoms with Crippen LogP contribution in [0.2, 0.25) is 0 Å². The summed E-state index contributed by atoms with van der Waals surface area (Å²) in [6.07, 6.45) is 3.53. The lowest BCUT2D eigenvalue weighted by atomic mass is 10.3. The lowest BCUT2D eigenvalue weighted by Gasteiger charge is -2.11. The highest BCUT2D eigenvalue weighted by atomic mass is 32.2. The van der Waals surface area contributed by atoms with Gasteiger partial charge in [0.2, 0.25) is 10.0 Å². The van der Waals surface area contributed by atoms with Crippen molar-refractivity contribution >= 4 is 15.8 Å². The lowest BCUT2D eigenvalue weighted by Crippen LogP contribution is -2.29. The Hall–Kier alpha value is -2.98. The van der Waals surface area contributed by atoms with Crippen LogP contribution in [0.3, 0.4) is 0 Å². The number of methoxy groups -OCH3 is 1. The van der Waals surface area contributed by atoms with Crippen molar-refractivity contribution in [2.75, 3.05) is 25.5 Å². The fourth-order valence-electron chi connectivity index (χ4n) is 2.60. The van der Waals surface area contributed by atoms with Crippen molar-refractivity contribution < 1.29 is 13.2 Å². The van der Waals surface area contributed by atoms with Gasteiger partial charge in [0.25, 0.3) is 0 Å². The number of aryl methyl sites for hydroxylation is 2. The van der Waals surface area contributed by atoms with Crippen molar-refractivity contribution in [3.05, 3.63) is 54.4 Å². The zero-order valence-corrected chi connectivity index (χ0v) is 16.7. The zero-order chi connectivity index (χ0) is 20.1. The number of hydrogen-bond acceptors (Lipinski definition) is 7. The predicted molar refractivity (Wildman–Crippen MR) is 105 cm³/mol. The van der Waals surface area contributed by atoms with Crippen LogP contribution < -0.4 is 14.8 Å². The molecule has 0 aliphatic rings. The van der Waals surface area contributed by atoms with Gasteiger partial charge < -0.3 is 10.1 Å². The number of nitrogens with zero attached hydrogens (tertiary/aromatic N) is 4. The van der Waals surface area contributed by atoms with Gasteiger partial charge in [0.15, 0.2) is 0 Å². The summed E-state index contributed by atoms with van der Waals surface area (Å²) in [5.41, 5.74) is 0. The maximum Gasteiger partial charge on any atom is 0.240 e. The van der Waals surface area contributed by atoms with E-state index in [1.54, 1.807) is 31.3 Å². The first kappa shape index (κ1) is 19.8. The molecule has 0 unspecified atom stereocenters. The number of sulfonamides is 1. The molecule has 28 heavy (non-hydrogen) atoms. The van der Waals surface area contributed by atoms with Gasteiger partial charge in [-0.1, -0.05) is 0 Å². The minimum absolute atomic E-state index is 0.184. The van der Waals surface area contributed by atoms with Crippen LogP contribution in [0.5, 0.6) is 5.75 Å². The summed E-state index contributed by atoms with van der Waals surface area (Å²) in [5.74, 6) is 3.33. The van der Waals surface area contributed by atoms with Crippen LogP contribution in [0.25, 0.3) is 5.82 Å². The van der Waals surface area contributed by atoms with Crippen LogP contribution in [-0.2, 0) is 10.0 Å². The van der Waals surface area contributed by atoms with Crippen molar-refractivity contribution in [1.82, 2.24) is 24.2 Å². The van der Waals surface area contributed by atoms with Crippen molar-refractivity contribution in [2.45, 2.75) is 18.7 Å². The van der Waals surface area contributed by atoms with E-state index in [0.717, 1.165) is 5.82 Å². The number of aromatic nitrogens is 4. The Bertz CT molecular complexity index is 1050. The molecule has 10 heteroatoms. The SMILES string of the molecule is COc1ccc(S(=O)(=O)NCCNc2cc(-n3ccnc3C)nc(C)n2)cc1. The Kier molecular flexibility index (Phi) is 5.90. The molecule has 3 aromatic rings. The molecular formula is C18H22N6O3S.